The average Bonchev–Trinajstić information content (AvgIpc) is 2.23. The van der Waals surface area contributed by atoms with E-state index < -0.39 is 12.8 Å². The normalized spacial score (nSPS) is 13.9. The molecule has 0 saturated carbocycles. The molecule has 0 spiro atoms. The highest BCUT2D eigenvalue weighted by molar-refractivity contribution is 4.66. The highest BCUT2D eigenvalue weighted by atomic mass is 19.4. The molecule has 0 fully saturated rings. The number of alkyl halides is 3. The minimum Gasteiger partial charge on any atom is -0.385 e. The number of ether oxygens (including phenoxy) is 2. The van der Waals surface area contributed by atoms with Gasteiger partial charge in [0, 0.05) is 19.8 Å². The Morgan fingerprint density at radius 2 is 2.00 bits per heavy atom. The van der Waals surface area contributed by atoms with Crippen molar-refractivity contribution < 1.29 is 22.6 Å². The minimum absolute atomic E-state index is 0.0348. The van der Waals surface area contributed by atoms with Crippen molar-refractivity contribution in [3.63, 3.8) is 0 Å². The van der Waals surface area contributed by atoms with Crippen LogP contribution in [0.25, 0.3) is 0 Å². The zero-order chi connectivity index (χ0) is 13.1. The van der Waals surface area contributed by atoms with Gasteiger partial charge < -0.3 is 14.8 Å². The molecule has 0 bridgehead atoms. The van der Waals surface area contributed by atoms with E-state index in [0.717, 1.165) is 25.8 Å². The summed E-state index contributed by atoms with van der Waals surface area (Å²) in [6, 6.07) is -0.0348. The van der Waals surface area contributed by atoms with Crippen LogP contribution in [0.5, 0.6) is 0 Å². The zero-order valence-corrected chi connectivity index (χ0v) is 10.5. The quantitative estimate of drug-likeness (QED) is 0.609. The molecule has 0 heterocycles. The van der Waals surface area contributed by atoms with Crippen molar-refractivity contribution in [2.45, 2.75) is 38.4 Å². The number of methoxy groups -OCH3 is 1. The predicted molar refractivity (Wildman–Crippen MR) is 60.1 cm³/mol. The first kappa shape index (κ1) is 16.7. The molecule has 0 aromatic heterocycles. The Bertz CT molecular complexity index is 177. The molecule has 1 atom stereocenters. The molecule has 1 N–H and O–H groups in total. The van der Waals surface area contributed by atoms with E-state index in [1.54, 1.807) is 7.11 Å². The third-order valence-corrected chi connectivity index (χ3v) is 2.17. The first-order valence-corrected chi connectivity index (χ1v) is 5.86. The van der Waals surface area contributed by atoms with E-state index in [1.807, 2.05) is 6.92 Å². The second-order valence-corrected chi connectivity index (χ2v) is 3.92. The summed E-state index contributed by atoms with van der Waals surface area (Å²) in [5.41, 5.74) is 0. The van der Waals surface area contributed by atoms with Gasteiger partial charge in [0.05, 0.1) is 6.61 Å². The van der Waals surface area contributed by atoms with Gasteiger partial charge in [-0.05, 0) is 25.8 Å². The second kappa shape index (κ2) is 9.67. The van der Waals surface area contributed by atoms with Crippen LogP contribution in [0.3, 0.4) is 0 Å². The average molecular weight is 257 g/mol. The molecule has 0 aliphatic heterocycles. The SMILES string of the molecule is CCCNC(CCCOC)COCC(F)(F)F. The molecule has 0 radical (unpaired) electrons. The molecular weight excluding hydrogens is 235 g/mol. The van der Waals surface area contributed by atoms with E-state index in [2.05, 4.69) is 10.1 Å². The monoisotopic (exact) mass is 257 g/mol. The summed E-state index contributed by atoms with van der Waals surface area (Å²) in [5, 5.41) is 3.17. The van der Waals surface area contributed by atoms with Gasteiger partial charge in [0.15, 0.2) is 0 Å². The lowest BCUT2D eigenvalue weighted by molar-refractivity contribution is -0.175. The summed E-state index contributed by atoms with van der Waals surface area (Å²) in [5.74, 6) is 0. The van der Waals surface area contributed by atoms with Gasteiger partial charge in [-0.2, -0.15) is 13.2 Å². The summed E-state index contributed by atoms with van der Waals surface area (Å²) >= 11 is 0. The van der Waals surface area contributed by atoms with Gasteiger partial charge in [-0.15, -0.1) is 0 Å². The van der Waals surface area contributed by atoms with Crippen LogP contribution < -0.4 is 5.32 Å². The highest BCUT2D eigenvalue weighted by Gasteiger charge is 2.27. The third-order valence-electron chi connectivity index (χ3n) is 2.17. The summed E-state index contributed by atoms with van der Waals surface area (Å²) in [4.78, 5) is 0. The maximum atomic E-state index is 11.9. The van der Waals surface area contributed by atoms with Crippen molar-refractivity contribution in [3.8, 4) is 0 Å². The fourth-order valence-electron chi connectivity index (χ4n) is 1.38. The first-order valence-electron chi connectivity index (χ1n) is 5.86. The lowest BCUT2D eigenvalue weighted by Gasteiger charge is -2.19. The predicted octanol–water partition coefficient (Wildman–Crippen LogP) is 2.36. The molecule has 0 aliphatic carbocycles. The molecule has 17 heavy (non-hydrogen) atoms. The molecule has 0 rings (SSSR count). The van der Waals surface area contributed by atoms with Gasteiger partial charge in [-0.3, -0.25) is 0 Å². The molecular formula is C11H22F3NO2. The van der Waals surface area contributed by atoms with E-state index in [0.29, 0.717) is 6.61 Å². The highest BCUT2D eigenvalue weighted by Crippen LogP contribution is 2.14. The zero-order valence-electron chi connectivity index (χ0n) is 10.5. The largest absolute Gasteiger partial charge is 0.411 e. The van der Waals surface area contributed by atoms with E-state index in [-0.39, 0.29) is 12.6 Å². The molecule has 0 saturated heterocycles. The van der Waals surface area contributed by atoms with Crippen LogP contribution in [0.2, 0.25) is 0 Å². The van der Waals surface area contributed by atoms with Gasteiger partial charge in [0.2, 0.25) is 0 Å². The van der Waals surface area contributed by atoms with Gasteiger partial charge in [0.25, 0.3) is 0 Å². The van der Waals surface area contributed by atoms with Crippen molar-refractivity contribution in [1.29, 1.82) is 0 Å². The van der Waals surface area contributed by atoms with Crippen LogP contribution in [0.4, 0.5) is 13.2 Å². The van der Waals surface area contributed by atoms with Crippen LogP contribution in [0, 0.1) is 0 Å². The van der Waals surface area contributed by atoms with Crippen LogP contribution in [-0.4, -0.2) is 45.7 Å². The fraction of sp³-hybridized carbons (Fsp3) is 1.00. The fourth-order valence-corrected chi connectivity index (χ4v) is 1.38. The van der Waals surface area contributed by atoms with Crippen molar-refractivity contribution in [2.75, 3.05) is 33.5 Å². The summed E-state index contributed by atoms with van der Waals surface area (Å²) in [6.45, 7) is 2.32. The van der Waals surface area contributed by atoms with Crippen molar-refractivity contribution >= 4 is 0 Å². The number of nitrogens with one attached hydrogen (secondary N) is 1. The summed E-state index contributed by atoms with van der Waals surface area (Å²) in [6.07, 6.45) is -1.74. The molecule has 0 amide bonds. The Balaban J connectivity index is 3.75. The van der Waals surface area contributed by atoms with Crippen LogP contribution in [0.15, 0.2) is 0 Å². The molecule has 1 unspecified atom stereocenters. The Labute approximate surface area is 101 Å². The lowest BCUT2D eigenvalue weighted by Crippen LogP contribution is -2.35. The molecule has 0 aromatic carbocycles. The third kappa shape index (κ3) is 11.9. The van der Waals surface area contributed by atoms with E-state index in [9.17, 15) is 13.2 Å². The first-order chi connectivity index (χ1) is 7.99. The maximum absolute atomic E-state index is 11.9. The van der Waals surface area contributed by atoms with Gasteiger partial charge in [0.1, 0.15) is 6.61 Å². The van der Waals surface area contributed by atoms with E-state index in [4.69, 9.17) is 4.74 Å². The Morgan fingerprint density at radius 3 is 2.53 bits per heavy atom. The van der Waals surface area contributed by atoms with Crippen molar-refractivity contribution in [1.82, 2.24) is 5.32 Å². The van der Waals surface area contributed by atoms with Gasteiger partial charge >= 0.3 is 6.18 Å². The van der Waals surface area contributed by atoms with Crippen molar-refractivity contribution in [2.24, 2.45) is 0 Å². The molecule has 0 aromatic rings. The Morgan fingerprint density at radius 1 is 1.29 bits per heavy atom. The Hall–Kier alpha value is -0.330. The topological polar surface area (TPSA) is 30.5 Å². The van der Waals surface area contributed by atoms with Crippen molar-refractivity contribution in [3.05, 3.63) is 0 Å². The summed E-state index contributed by atoms with van der Waals surface area (Å²) < 4.78 is 45.3. The van der Waals surface area contributed by atoms with E-state index >= 15 is 0 Å². The van der Waals surface area contributed by atoms with Crippen LogP contribution >= 0.6 is 0 Å². The van der Waals surface area contributed by atoms with Crippen LogP contribution in [-0.2, 0) is 9.47 Å². The standard InChI is InChI=1S/C11H22F3NO2/c1-3-6-15-10(5-4-7-16-2)8-17-9-11(12,13)14/h10,15H,3-9H2,1-2H3. The maximum Gasteiger partial charge on any atom is 0.411 e. The summed E-state index contributed by atoms with van der Waals surface area (Å²) in [7, 11) is 1.61. The number of hydrogen-bond donors (Lipinski definition) is 1. The molecule has 3 nitrogen and oxygen atoms in total. The van der Waals surface area contributed by atoms with E-state index in [1.165, 1.54) is 0 Å². The van der Waals surface area contributed by atoms with Crippen LogP contribution in [0.1, 0.15) is 26.2 Å². The smallest absolute Gasteiger partial charge is 0.385 e. The molecule has 6 heteroatoms. The number of halogens is 3. The van der Waals surface area contributed by atoms with Gasteiger partial charge in [-0.25, -0.2) is 0 Å². The number of hydrogen-bond acceptors (Lipinski definition) is 3. The Kier molecular flexibility index (Phi) is 9.49. The molecule has 0 aliphatic rings. The lowest BCUT2D eigenvalue weighted by atomic mass is 10.1. The minimum atomic E-state index is -4.25. The second-order valence-electron chi connectivity index (χ2n) is 3.92. The van der Waals surface area contributed by atoms with Gasteiger partial charge in [-0.1, -0.05) is 6.92 Å². The molecule has 104 valence electrons. The number of rotatable bonds is 10.